The molecule has 3 nitrogen and oxygen atoms in total. The maximum Gasteiger partial charge on any atom is 0.260 e. The summed E-state index contributed by atoms with van der Waals surface area (Å²) in [5.41, 5.74) is 0.977. The van der Waals surface area contributed by atoms with Crippen molar-refractivity contribution >= 4 is 16.7 Å². The average Bonchev–Trinajstić information content (AvgIpc) is 2.63. The van der Waals surface area contributed by atoms with E-state index in [1.54, 1.807) is 19.1 Å². The largest absolute Gasteiger partial charge is 0.481 e. The van der Waals surface area contributed by atoms with Gasteiger partial charge in [0.2, 0.25) is 0 Å². The Balaban J connectivity index is 1.52. The first kappa shape index (κ1) is 17.0. The van der Waals surface area contributed by atoms with Crippen molar-refractivity contribution in [1.82, 2.24) is 5.32 Å². The summed E-state index contributed by atoms with van der Waals surface area (Å²) in [5.74, 6) is 0.236. The molecule has 1 amide bonds. The number of halogens is 1. The van der Waals surface area contributed by atoms with Crippen molar-refractivity contribution < 1.29 is 13.9 Å². The average molecular weight is 337 g/mol. The molecule has 0 heterocycles. The number of nitrogens with one attached hydrogen (secondary N) is 1. The number of carbonyl (C=O) groups excluding carboxylic acids is 1. The molecule has 0 aliphatic heterocycles. The molecule has 0 unspecified atom stereocenters. The smallest absolute Gasteiger partial charge is 0.260 e. The fourth-order valence-electron chi connectivity index (χ4n) is 2.62. The van der Waals surface area contributed by atoms with Gasteiger partial charge in [-0.1, -0.05) is 42.5 Å². The zero-order valence-electron chi connectivity index (χ0n) is 14.0. The molecule has 1 N–H and O–H groups in total. The van der Waals surface area contributed by atoms with Crippen LogP contribution in [-0.2, 0) is 11.2 Å². The standard InChI is InChI=1S/C21H20FNO2/c1-15(21(24)23-13-12-16-6-9-19(22)10-7-16)25-20-11-8-17-4-2-3-5-18(17)14-20/h2-11,14-15H,12-13H2,1H3,(H,23,24)/t15-/m0/s1. The maximum atomic E-state index is 12.9. The van der Waals surface area contributed by atoms with Gasteiger partial charge in [-0.2, -0.15) is 0 Å². The summed E-state index contributed by atoms with van der Waals surface area (Å²) in [4.78, 5) is 12.2. The number of hydrogen-bond donors (Lipinski definition) is 1. The second kappa shape index (κ2) is 7.79. The van der Waals surface area contributed by atoms with E-state index in [0.717, 1.165) is 16.3 Å². The first-order valence-electron chi connectivity index (χ1n) is 8.29. The molecule has 0 spiro atoms. The summed E-state index contributed by atoms with van der Waals surface area (Å²) >= 11 is 0. The summed E-state index contributed by atoms with van der Waals surface area (Å²) in [6, 6.07) is 20.0. The Morgan fingerprint density at radius 1 is 1.04 bits per heavy atom. The minimum Gasteiger partial charge on any atom is -0.481 e. The highest BCUT2D eigenvalue weighted by atomic mass is 19.1. The molecular weight excluding hydrogens is 317 g/mol. The van der Waals surface area contributed by atoms with Gasteiger partial charge >= 0.3 is 0 Å². The van der Waals surface area contributed by atoms with Crippen LogP contribution in [0.25, 0.3) is 10.8 Å². The fraction of sp³-hybridized carbons (Fsp3) is 0.190. The predicted octanol–water partition coefficient (Wildman–Crippen LogP) is 4.11. The van der Waals surface area contributed by atoms with E-state index >= 15 is 0 Å². The quantitative estimate of drug-likeness (QED) is 0.735. The van der Waals surface area contributed by atoms with Gasteiger partial charge < -0.3 is 10.1 Å². The van der Waals surface area contributed by atoms with Crippen molar-refractivity contribution in [3.63, 3.8) is 0 Å². The third kappa shape index (κ3) is 4.57. The van der Waals surface area contributed by atoms with Crippen LogP contribution < -0.4 is 10.1 Å². The van der Waals surface area contributed by atoms with Crippen molar-refractivity contribution in [2.45, 2.75) is 19.4 Å². The van der Waals surface area contributed by atoms with Gasteiger partial charge in [0.15, 0.2) is 6.10 Å². The minimum absolute atomic E-state index is 0.171. The van der Waals surface area contributed by atoms with Crippen LogP contribution in [-0.4, -0.2) is 18.6 Å². The van der Waals surface area contributed by atoms with E-state index in [2.05, 4.69) is 5.32 Å². The van der Waals surface area contributed by atoms with Gasteiger partial charge in [-0.25, -0.2) is 4.39 Å². The topological polar surface area (TPSA) is 38.3 Å². The van der Waals surface area contributed by atoms with Crippen LogP contribution in [0.15, 0.2) is 66.7 Å². The number of hydrogen-bond acceptors (Lipinski definition) is 2. The maximum absolute atomic E-state index is 12.9. The van der Waals surface area contributed by atoms with Crippen LogP contribution in [0.4, 0.5) is 4.39 Å². The number of amides is 1. The highest BCUT2D eigenvalue weighted by molar-refractivity contribution is 5.84. The molecule has 3 aromatic carbocycles. The van der Waals surface area contributed by atoms with Crippen molar-refractivity contribution in [3.8, 4) is 5.75 Å². The summed E-state index contributed by atoms with van der Waals surface area (Å²) in [7, 11) is 0. The van der Waals surface area contributed by atoms with E-state index in [0.29, 0.717) is 18.7 Å². The molecule has 0 aromatic heterocycles. The molecule has 0 aliphatic rings. The third-order valence-corrected chi connectivity index (χ3v) is 4.03. The van der Waals surface area contributed by atoms with Crippen LogP contribution >= 0.6 is 0 Å². The molecule has 0 saturated carbocycles. The van der Waals surface area contributed by atoms with E-state index in [4.69, 9.17) is 4.74 Å². The number of fused-ring (bicyclic) bond motifs is 1. The van der Waals surface area contributed by atoms with Crippen molar-refractivity contribution in [3.05, 3.63) is 78.1 Å². The SMILES string of the molecule is C[C@H](Oc1ccc2ccccc2c1)C(=O)NCCc1ccc(F)cc1. The van der Waals surface area contributed by atoms with Crippen LogP contribution in [0, 0.1) is 5.82 Å². The van der Waals surface area contributed by atoms with Crippen molar-refractivity contribution in [1.29, 1.82) is 0 Å². The van der Waals surface area contributed by atoms with Gasteiger partial charge in [-0.05, 0) is 53.9 Å². The number of rotatable bonds is 6. The monoisotopic (exact) mass is 337 g/mol. The molecule has 4 heteroatoms. The van der Waals surface area contributed by atoms with Crippen LogP contribution in [0.3, 0.4) is 0 Å². The normalized spacial score (nSPS) is 11.9. The summed E-state index contributed by atoms with van der Waals surface area (Å²) in [6.45, 7) is 2.21. The van der Waals surface area contributed by atoms with Crippen molar-refractivity contribution in [2.75, 3.05) is 6.54 Å². The molecule has 3 aromatic rings. The van der Waals surface area contributed by atoms with E-state index in [1.165, 1.54) is 12.1 Å². The zero-order chi connectivity index (χ0) is 17.6. The summed E-state index contributed by atoms with van der Waals surface area (Å²) in [5, 5.41) is 5.05. The number of carbonyl (C=O) groups is 1. The van der Waals surface area contributed by atoms with Gasteiger partial charge in [-0.15, -0.1) is 0 Å². The summed E-state index contributed by atoms with van der Waals surface area (Å²) in [6.07, 6.45) is 0.0590. The van der Waals surface area contributed by atoms with Gasteiger partial charge in [0, 0.05) is 6.54 Å². The molecule has 3 rings (SSSR count). The molecule has 0 saturated heterocycles. The van der Waals surface area contributed by atoms with E-state index in [1.807, 2.05) is 42.5 Å². The third-order valence-electron chi connectivity index (χ3n) is 4.03. The molecular formula is C21H20FNO2. The van der Waals surface area contributed by atoms with Crippen LogP contribution in [0.2, 0.25) is 0 Å². The second-order valence-corrected chi connectivity index (χ2v) is 5.94. The lowest BCUT2D eigenvalue weighted by Gasteiger charge is -2.15. The Kier molecular flexibility index (Phi) is 5.29. The van der Waals surface area contributed by atoms with Crippen molar-refractivity contribution in [2.24, 2.45) is 0 Å². The second-order valence-electron chi connectivity index (χ2n) is 5.94. The van der Waals surface area contributed by atoms with E-state index < -0.39 is 6.10 Å². The zero-order valence-corrected chi connectivity index (χ0v) is 14.0. The van der Waals surface area contributed by atoms with Gasteiger partial charge in [0.05, 0.1) is 0 Å². The van der Waals surface area contributed by atoms with E-state index in [9.17, 15) is 9.18 Å². The van der Waals surface area contributed by atoms with Crippen LogP contribution in [0.5, 0.6) is 5.75 Å². The highest BCUT2D eigenvalue weighted by Crippen LogP contribution is 2.21. The molecule has 25 heavy (non-hydrogen) atoms. The molecule has 0 fully saturated rings. The first-order chi connectivity index (χ1) is 12.1. The van der Waals surface area contributed by atoms with Gasteiger partial charge in [0.1, 0.15) is 11.6 Å². The highest BCUT2D eigenvalue weighted by Gasteiger charge is 2.14. The Hall–Kier alpha value is -2.88. The van der Waals surface area contributed by atoms with E-state index in [-0.39, 0.29) is 11.7 Å². The number of ether oxygens (including phenoxy) is 1. The van der Waals surface area contributed by atoms with Gasteiger partial charge in [0.25, 0.3) is 5.91 Å². The lowest BCUT2D eigenvalue weighted by molar-refractivity contribution is -0.127. The molecule has 1 atom stereocenters. The Bertz CT molecular complexity index is 861. The lowest BCUT2D eigenvalue weighted by atomic mass is 10.1. The first-order valence-corrected chi connectivity index (χ1v) is 8.29. The Labute approximate surface area is 146 Å². The number of benzene rings is 3. The molecule has 128 valence electrons. The van der Waals surface area contributed by atoms with Gasteiger partial charge in [-0.3, -0.25) is 4.79 Å². The molecule has 0 aliphatic carbocycles. The minimum atomic E-state index is -0.589. The fourth-order valence-corrected chi connectivity index (χ4v) is 2.62. The molecule has 0 radical (unpaired) electrons. The predicted molar refractivity (Wildman–Crippen MR) is 97.2 cm³/mol. The Morgan fingerprint density at radius 3 is 2.52 bits per heavy atom. The Morgan fingerprint density at radius 2 is 1.76 bits per heavy atom. The summed E-state index contributed by atoms with van der Waals surface area (Å²) < 4.78 is 18.6. The molecule has 0 bridgehead atoms. The lowest BCUT2D eigenvalue weighted by Crippen LogP contribution is -2.37. The van der Waals surface area contributed by atoms with Crippen LogP contribution in [0.1, 0.15) is 12.5 Å².